The van der Waals surface area contributed by atoms with Gasteiger partial charge in [-0.05, 0) is 31.2 Å². The van der Waals surface area contributed by atoms with Crippen molar-refractivity contribution in [3.8, 4) is 0 Å². The number of hydrogen-bond acceptors (Lipinski definition) is 4. The fraction of sp³-hybridized carbons (Fsp3) is 0.188. The molecule has 2 heterocycles. The summed E-state index contributed by atoms with van der Waals surface area (Å²) in [5.41, 5.74) is 0.475. The second-order valence-electron chi connectivity index (χ2n) is 5.14. The summed E-state index contributed by atoms with van der Waals surface area (Å²) in [4.78, 5) is 4.38. The molecule has 0 bridgehead atoms. The zero-order chi connectivity index (χ0) is 15.6. The van der Waals surface area contributed by atoms with Crippen LogP contribution in [0.2, 0.25) is 0 Å². The van der Waals surface area contributed by atoms with Crippen LogP contribution in [0.3, 0.4) is 0 Å². The van der Waals surface area contributed by atoms with Gasteiger partial charge in [-0.2, -0.15) is 0 Å². The molecule has 0 radical (unpaired) electrons. The number of nitrogens with one attached hydrogen (secondary N) is 1. The number of rotatable bonds is 5. The number of benzene rings is 1. The van der Waals surface area contributed by atoms with Crippen LogP contribution in [-0.2, 0) is 16.4 Å². The fourth-order valence-corrected chi connectivity index (χ4v) is 3.82. The van der Waals surface area contributed by atoms with Crippen LogP contribution in [0.4, 0.5) is 0 Å². The first-order chi connectivity index (χ1) is 10.6. The van der Waals surface area contributed by atoms with Gasteiger partial charge in [-0.1, -0.05) is 18.2 Å². The molecule has 3 rings (SSSR count). The van der Waals surface area contributed by atoms with E-state index in [1.54, 1.807) is 43.6 Å². The first-order valence-electron chi connectivity index (χ1n) is 6.95. The van der Waals surface area contributed by atoms with E-state index in [-0.39, 0.29) is 10.9 Å². The van der Waals surface area contributed by atoms with E-state index in [4.69, 9.17) is 4.42 Å². The Hall–Kier alpha value is -2.18. The molecule has 6 heteroatoms. The highest BCUT2D eigenvalue weighted by molar-refractivity contribution is 7.89. The van der Waals surface area contributed by atoms with Crippen molar-refractivity contribution in [2.75, 3.05) is 0 Å². The molecule has 5 nitrogen and oxygen atoms in total. The maximum Gasteiger partial charge on any atom is 0.242 e. The molecule has 114 valence electrons. The Morgan fingerprint density at radius 2 is 2.00 bits per heavy atom. The van der Waals surface area contributed by atoms with E-state index >= 15 is 0 Å². The molecule has 0 amide bonds. The first-order valence-corrected chi connectivity index (χ1v) is 8.43. The largest absolute Gasteiger partial charge is 0.469 e. The minimum absolute atomic E-state index is 0.192. The second-order valence-corrected chi connectivity index (χ2v) is 6.82. The molecule has 1 atom stereocenters. The van der Waals surface area contributed by atoms with Gasteiger partial charge in [0.25, 0.3) is 0 Å². The molecule has 0 aliphatic heterocycles. The van der Waals surface area contributed by atoms with Gasteiger partial charge in [-0.3, -0.25) is 4.98 Å². The van der Waals surface area contributed by atoms with Crippen molar-refractivity contribution >= 4 is 20.9 Å². The van der Waals surface area contributed by atoms with Crippen molar-refractivity contribution in [3.63, 3.8) is 0 Å². The van der Waals surface area contributed by atoms with Crippen LogP contribution in [0.15, 0.2) is 64.2 Å². The van der Waals surface area contributed by atoms with Crippen molar-refractivity contribution in [2.24, 2.45) is 0 Å². The predicted molar refractivity (Wildman–Crippen MR) is 83.9 cm³/mol. The number of hydrogen-bond donors (Lipinski definition) is 1. The number of nitrogens with zero attached hydrogens (tertiary/aromatic N) is 1. The molecule has 0 aliphatic carbocycles. The maximum atomic E-state index is 12.6. The lowest BCUT2D eigenvalue weighted by Gasteiger charge is -2.14. The molecule has 0 fully saturated rings. The van der Waals surface area contributed by atoms with Gasteiger partial charge in [-0.25, -0.2) is 13.1 Å². The highest BCUT2D eigenvalue weighted by atomic mass is 32.2. The summed E-state index contributed by atoms with van der Waals surface area (Å²) in [6.45, 7) is 1.80. The molecule has 1 N–H and O–H groups in total. The number of sulfonamides is 1. The van der Waals surface area contributed by atoms with E-state index < -0.39 is 10.0 Å². The van der Waals surface area contributed by atoms with Crippen LogP contribution in [0.25, 0.3) is 10.9 Å². The first kappa shape index (κ1) is 14.7. The number of aromatic nitrogens is 1. The Morgan fingerprint density at radius 3 is 2.77 bits per heavy atom. The van der Waals surface area contributed by atoms with Crippen LogP contribution in [0, 0.1) is 0 Å². The van der Waals surface area contributed by atoms with Gasteiger partial charge in [0.2, 0.25) is 10.0 Å². The minimum Gasteiger partial charge on any atom is -0.469 e. The van der Waals surface area contributed by atoms with E-state index in [0.717, 1.165) is 11.1 Å². The average molecular weight is 316 g/mol. The standard InChI is InChI=1S/C16H16N2O3S/c1-12(11-14-7-4-10-21-14)18-22(19,20)15-8-2-5-13-6-3-9-17-16(13)15/h2-10,12,18H,11H2,1H3. The van der Waals surface area contributed by atoms with Crippen LogP contribution < -0.4 is 4.72 Å². The lowest BCUT2D eigenvalue weighted by atomic mass is 10.2. The normalized spacial score (nSPS) is 13.3. The Kier molecular flexibility index (Phi) is 3.96. The zero-order valence-electron chi connectivity index (χ0n) is 12.1. The molecule has 0 spiro atoms. The summed E-state index contributed by atoms with van der Waals surface area (Å²) in [6, 6.07) is 12.1. The number of fused-ring (bicyclic) bond motifs is 1. The lowest BCUT2D eigenvalue weighted by molar-refractivity contribution is 0.479. The Labute approximate surface area is 129 Å². The summed E-state index contributed by atoms with van der Waals surface area (Å²) in [7, 11) is -3.64. The van der Waals surface area contributed by atoms with Gasteiger partial charge in [0.05, 0.1) is 11.8 Å². The van der Waals surface area contributed by atoms with Crippen molar-refractivity contribution in [1.82, 2.24) is 9.71 Å². The summed E-state index contributed by atoms with van der Waals surface area (Å²) in [5.74, 6) is 0.742. The molecule has 1 unspecified atom stereocenters. The summed E-state index contributed by atoms with van der Waals surface area (Å²) in [5, 5.41) is 0.795. The van der Waals surface area contributed by atoms with Crippen molar-refractivity contribution < 1.29 is 12.8 Å². The Bertz CT molecular complexity index is 868. The third-order valence-electron chi connectivity index (χ3n) is 3.33. The Morgan fingerprint density at radius 1 is 1.18 bits per heavy atom. The van der Waals surface area contributed by atoms with Crippen molar-refractivity contribution in [1.29, 1.82) is 0 Å². The SMILES string of the molecule is CC(Cc1ccco1)NS(=O)(=O)c1cccc2cccnc12. The molecular weight excluding hydrogens is 300 g/mol. The molecule has 0 saturated carbocycles. The van der Waals surface area contributed by atoms with Crippen LogP contribution in [0.1, 0.15) is 12.7 Å². The van der Waals surface area contributed by atoms with Crippen LogP contribution >= 0.6 is 0 Å². The third-order valence-corrected chi connectivity index (χ3v) is 4.95. The number of pyridine rings is 1. The van der Waals surface area contributed by atoms with Gasteiger partial charge in [-0.15, -0.1) is 0 Å². The van der Waals surface area contributed by atoms with E-state index in [1.807, 2.05) is 18.2 Å². The third kappa shape index (κ3) is 3.03. The summed E-state index contributed by atoms with van der Waals surface area (Å²) >= 11 is 0. The van der Waals surface area contributed by atoms with Crippen LogP contribution in [-0.4, -0.2) is 19.4 Å². The molecule has 0 saturated heterocycles. The number of para-hydroxylation sites is 1. The van der Waals surface area contributed by atoms with Gasteiger partial charge in [0.15, 0.2) is 0 Å². The van der Waals surface area contributed by atoms with Crippen LogP contribution in [0.5, 0.6) is 0 Å². The minimum atomic E-state index is -3.64. The topological polar surface area (TPSA) is 72.2 Å². The highest BCUT2D eigenvalue weighted by Crippen LogP contribution is 2.21. The van der Waals surface area contributed by atoms with Gasteiger partial charge >= 0.3 is 0 Å². The highest BCUT2D eigenvalue weighted by Gasteiger charge is 2.21. The van der Waals surface area contributed by atoms with Crippen molar-refractivity contribution in [3.05, 3.63) is 60.7 Å². The van der Waals surface area contributed by atoms with E-state index in [0.29, 0.717) is 11.9 Å². The van der Waals surface area contributed by atoms with Crippen molar-refractivity contribution in [2.45, 2.75) is 24.3 Å². The van der Waals surface area contributed by atoms with E-state index in [2.05, 4.69) is 9.71 Å². The molecular formula is C16H16N2O3S. The zero-order valence-corrected chi connectivity index (χ0v) is 12.9. The summed E-state index contributed by atoms with van der Waals surface area (Å²) in [6.07, 6.45) is 3.66. The van der Waals surface area contributed by atoms with Gasteiger partial charge in [0, 0.05) is 24.0 Å². The Balaban J connectivity index is 1.88. The molecule has 22 heavy (non-hydrogen) atoms. The maximum absolute atomic E-state index is 12.6. The van der Waals surface area contributed by atoms with E-state index in [1.165, 1.54) is 0 Å². The number of furan rings is 1. The predicted octanol–water partition coefficient (Wildman–Crippen LogP) is 2.74. The average Bonchev–Trinajstić information content (AvgIpc) is 2.98. The lowest BCUT2D eigenvalue weighted by Crippen LogP contribution is -2.34. The monoisotopic (exact) mass is 316 g/mol. The molecule has 1 aromatic carbocycles. The smallest absolute Gasteiger partial charge is 0.242 e. The second kappa shape index (κ2) is 5.90. The molecule has 0 aliphatic rings. The van der Waals surface area contributed by atoms with E-state index in [9.17, 15) is 8.42 Å². The summed E-state index contributed by atoms with van der Waals surface area (Å²) < 4.78 is 33.1. The molecule has 2 aromatic heterocycles. The molecule has 3 aromatic rings. The quantitative estimate of drug-likeness (QED) is 0.785. The fourth-order valence-electron chi connectivity index (χ4n) is 2.39. The van der Waals surface area contributed by atoms with Gasteiger partial charge in [0.1, 0.15) is 10.7 Å². The van der Waals surface area contributed by atoms with Gasteiger partial charge < -0.3 is 4.42 Å².